The van der Waals surface area contributed by atoms with Crippen LogP contribution in [-0.2, 0) is 76.3 Å². The monoisotopic (exact) mass is 1110 g/mol. The molecule has 0 saturated heterocycles. The van der Waals surface area contributed by atoms with Gasteiger partial charge in [-0.25, -0.2) is 9.59 Å². The summed E-state index contributed by atoms with van der Waals surface area (Å²) in [5, 5.41) is 0. The second kappa shape index (κ2) is 36.2. The third-order valence-corrected chi connectivity index (χ3v) is 16.7. The average Bonchev–Trinajstić information content (AvgIpc) is 3.42. The highest BCUT2D eigenvalue weighted by Gasteiger charge is 2.37. The van der Waals surface area contributed by atoms with Gasteiger partial charge < -0.3 is 37.9 Å². The van der Waals surface area contributed by atoms with Gasteiger partial charge in [0, 0.05) is 0 Å². The van der Waals surface area contributed by atoms with Gasteiger partial charge >= 0.3 is 47.8 Å². The fraction of sp³-hybridized carbons (Fsp3) is 0.871. The molecule has 16 nitrogen and oxygen atoms in total. The van der Waals surface area contributed by atoms with Crippen molar-refractivity contribution >= 4 is 47.8 Å². The zero-order chi connectivity index (χ0) is 59.1. The largest absolute Gasteiger partial charge is 0.465 e. The third-order valence-electron chi connectivity index (χ3n) is 16.7. The van der Waals surface area contributed by atoms with Gasteiger partial charge in [-0.15, -0.1) is 0 Å². The lowest BCUT2D eigenvalue weighted by atomic mass is 9.83. The van der Waals surface area contributed by atoms with Crippen LogP contribution in [0.25, 0.3) is 0 Å². The molecule has 78 heavy (non-hydrogen) atoms. The number of hydrogen-bond donors (Lipinski definition) is 0. The van der Waals surface area contributed by atoms with Crippen LogP contribution in [0.5, 0.6) is 0 Å². The molecule has 4 aliphatic carbocycles. The summed E-state index contributed by atoms with van der Waals surface area (Å²) in [6.45, 7) is 26.4. The number of esters is 8. The minimum absolute atomic E-state index is 0.105. The molecule has 0 amide bonds. The van der Waals surface area contributed by atoms with E-state index < -0.39 is 22.8 Å². The Hall–Kier alpha value is -4.24. The second-order valence-corrected chi connectivity index (χ2v) is 24.2. The van der Waals surface area contributed by atoms with Gasteiger partial charge in [0.2, 0.25) is 0 Å². The molecule has 16 heteroatoms. The molecule has 0 N–H and O–H groups in total. The predicted octanol–water partition coefficient (Wildman–Crippen LogP) is 13.7. The molecule has 4 rings (SSSR count). The molecule has 0 radical (unpaired) electrons. The van der Waals surface area contributed by atoms with Crippen molar-refractivity contribution in [3.63, 3.8) is 0 Å². The van der Waals surface area contributed by atoms with E-state index in [0.717, 1.165) is 122 Å². The summed E-state index contributed by atoms with van der Waals surface area (Å²) in [6.07, 6.45) is 26.0. The summed E-state index contributed by atoms with van der Waals surface area (Å²) in [4.78, 5) is 93.7. The van der Waals surface area contributed by atoms with Crippen LogP contribution in [0.1, 0.15) is 277 Å². The Bertz CT molecular complexity index is 1810. The molecule has 4 aliphatic rings. The third kappa shape index (κ3) is 27.8. The molecule has 0 heterocycles. The van der Waals surface area contributed by atoms with E-state index in [4.69, 9.17) is 37.9 Å². The quantitative estimate of drug-likeness (QED) is 0.0650. The average molecular weight is 1110 g/mol. The summed E-state index contributed by atoms with van der Waals surface area (Å²) in [7, 11) is 0. The summed E-state index contributed by atoms with van der Waals surface area (Å²) < 4.78 is 42.5. The van der Waals surface area contributed by atoms with Gasteiger partial charge in [0.1, 0.15) is 35.6 Å². The molecule has 452 valence electrons. The maximum absolute atomic E-state index is 11.9. The van der Waals surface area contributed by atoms with Crippen molar-refractivity contribution < 1.29 is 76.3 Å². The standard InChI is InChI=1S/2C16H28O4.2C15H26O4/c1-5-15(2,3)14(18)19-12-9-13(17)20-16(4)10-7-6-8-11-16;1-5-15(3,4)14(18)19-12-13(17)20-16(6-2)10-8-7-9-11-16;1-4-12(2)14(17)18-11-8-13(16)19-15(3)9-6-5-7-10-15;1-4-12(3)14(17)18-11-13(16)19-15(5-2)9-7-6-8-10-15/h2*5-12H2,1-4H3;2*12H,4-11H2,1-3H3. The molecule has 4 fully saturated rings. The molecule has 2 unspecified atom stereocenters. The smallest absolute Gasteiger partial charge is 0.344 e. The number of carbonyl (C=O) groups excluding carboxylic acids is 8. The molecule has 4 saturated carbocycles. The van der Waals surface area contributed by atoms with Crippen molar-refractivity contribution in [3.05, 3.63) is 0 Å². The topological polar surface area (TPSA) is 210 Å². The lowest BCUT2D eigenvalue weighted by Crippen LogP contribution is -2.38. The second-order valence-electron chi connectivity index (χ2n) is 24.2. The van der Waals surface area contributed by atoms with E-state index in [-0.39, 0.29) is 109 Å². The zero-order valence-electron chi connectivity index (χ0n) is 51.3. The van der Waals surface area contributed by atoms with E-state index in [2.05, 4.69) is 0 Å². The van der Waals surface area contributed by atoms with E-state index in [0.29, 0.717) is 19.3 Å². The van der Waals surface area contributed by atoms with Crippen LogP contribution >= 0.6 is 0 Å². The van der Waals surface area contributed by atoms with Gasteiger partial charge in [0.05, 0.1) is 35.5 Å². The lowest BCUT2D eigenvalue weighted by Gasteiger charge is -2.36. The predicted molar refractivity (Wildman–Crippen MR) is 300 cm³/mol. The molecule has 0 bridgehead atoms. The van der Waals surface area contributed by atoms with Gasteiger partial charge in [-0.05, 0) is 183 Å². The van der Waals surface area contributed by atoms with Gasteiger partial charge in [0.25, 0.3) is 0 Å². The minimum Gasteiger partial charge on any atom is -0.465 e. The lowest BCUT2D eigenvalue weighted by molar-refractivity contribution is -0.176. The molecule has 0 spiro atoms. The van der Waals surface area contributed by atoms with Crippen LogP contribution in [0.3, 0.4) is 0 Å². The first-order valence-electron chi connectivity index (χ1n) is 30.2. The Labute approximate surface area is 470 Å². The van der Waals surface area contributed by atoms with Gasteiger partial charge in [-0.1, -0.05) is 81.1 Å². The fourth-order valence-corrected chi connectivity index (χ4v) is 9.46. The van der Waals surface area contributed by atoms with Crippen molar-refractivity contribution in [1.29, 1.82) is 0 Å². The van der Waals surface area contributed by atoms with Crippen molar-refractivity contribution in [1.82, 2.24) is 0 Å². The van der Waals surface area contributed by atoms with E-state index >= 15 is 0 Å². The number of ether oxygens (including phenoxy) is 8. The zero-order valence-corrected chi connectivity index (χ0v) is 51.3. The first kappa shape index (κ1) is 71.8. The summed E-state index contributed by atoms with van der Waals surface area (Å²) >= 11 is 0. The Morgan fingerprint density at radius 2 is 0.705 bits per heavy atom. The maximum atomic E-state index is 11.9. The van der Waals surface area contributed by atoms with E-state index in [1.54, 1.807) is 6.92 Å². The van der Waals surface area contributed by atoms with Crippen LogP contribution in [0.2, 0.25) is 0 Å². The van der Waals surface area contributed by atoms with Gasteiger partial charge in [-0.2, -0.15) is 0 Å². The highest BCUT2D eigenvalue weighted by Crippen LogP contribution is 2.37. The van der Waals surface area contributed by atoms with Crippen LogP contribution < -0.4 is 0 Å². The van der Waals surface area contributed by atoms with Gasteiger partial charge in [-0.3, -0.25) is 28.8 Å². The van der Waals surface area contributed by atoms with Crippen molar-refractivity contribution in [2.45, 2.75) is 299 Å². The first-order valence-corrected chi connectivity index (χ1v) is 30.2. The van der Waals surface area contributed by atoms with Crippen LogP contribution in [0.4, 0.5) is 0 Å². The van der Waals surface area contributed by atoms with E-state index in [1.807, 2.05) is 90.0 Å². The maximum Gasteiger partial charge on any atom is 0.344 e. The van der Waals surface area contributed by atoms with Crippen LogP contribution in [-0.4, -0.2) is 96.6 Å². The SMILES string of the molecule is CCC(C)(C)C(=O)OCCC(=O)OC1(C)CCCCC1.CCC(C)C(=O)OCC(=O)OC1(CC)CCCCC1.CCC(C)C(=O)OCCC(=O)OC1(C)CCCCC1.CCC1(OC(=O)COC(=O)C(C)(C)CC)CCCCC1. The number of rotatable bonds is 24. The fourth-order valence-electron chi connectivity index (χ4n) is 9.46. The molecule has 0 aromatic heterocycles. The summed E-state index contributed by atoms with van der Waals surface area (Å²) in [5.41, 5.74) is -2.31. The molecule has 0 aromatic carbocycles. The minimum atomic E-state index is -0.548. The van der Waals surface area contributed by atoms with E-state index in [9.17, 15) is 38.4 Å². The molecule has 0 aromatic rings. The molecule has 0 aliphatic heterocycles. The molecular formula is C62H108O16. The summed E-state index contributed by atoms with van der Waals surface area (Å²) in [6, 6.07) is 0. The molecule has 2 atom stereocenters. The normalized spacial score (nSPS) is 18.9. The van der Waals surface area contributed by atoms with Crippen molar-refractivity contribution in [2.75, 3.05) is 26.4 Å². The first-order chi connectivity index (χ1) is 36.6. The highest BCUT2D eigenvalue weighted by atomic mass is 16.6. The number of hydrogen-bond acceptors (Lipinski definition) is 16. The highest BCUT2D eigenvalue weighted by molar-refractivity contribution is 5.80. The summed E-state index contributed by atoms with van der Waals surface area (Å²) in [5.74, 6) is -2.79. The van der Waals surface area contributed by atoms with Crippen LogP contribution in [0, 0.1) is 22.7 Å². The van der Waals surface area contributed by atoms with Crippen molar-refractivity contribution in [3.8, 4) is 0 Å². The Morgan fingerprint density at radius 1 is 0.397 bits per heavy atom. The van der Waals surface area contributed by atoms with Crippen molar-refractivity contribution in [2.24, 2.45) is 22.7 Å². The van der Waals surface area contributed by atoms with Crippen LogP contribution in [0.15, 0.2) is 0 Å². The molecular weight excluding hydrogens is 1000 g/mol. The Morgan fingerprint density at radius 3 is 1.04 bits per heavy atom. The van der Waals surface area contributed by atoms with E-state index in [1.165, 1.54) is 25.7 Å². The van der Waals surface area contributed by atoms with Gasteiger partial charge in [0.15, 0.2) is 13.2 Å². The Kier molecular flexibility index (Phi) is 33.3. The Balaban J connectivity index is 0.000000520. The number of carbonyl (C=O) groups is 8.